The molecule has 27 heavy (non-hydrogen) atoms. The lowest BCUT2D eigenvalue weighted by Crippen LogP contribution is -2.36. The second-order valence-electron chi connectivity index (χ2n) is 5.84. The first-order valence-corrected chi connectivity index (χ1v) is 8.66. The van der Waals surface area contributed by atoms with Crippen molar-refractivity contribution in [2.45, 2.75) is 19.6 Å². The molecular weight excluding hydrogens is 369 g/mol. The number of amides is 1. The van der Waals surface area contributed by atoms with E-state index in [-0.39, 0.29) is 18.3 Å². The topological polar surface area (TPSA) is 64.1 Å². The van der Waals surface area contributed by atoms with Crippen LogP contribution in [0.2, 0.25) is 5.02 Å². The first-order chi connectivity index (χ1) is 13.0. The molecule has 0 aliphatic heterocycles. The lowest BCUT2D eigenvalue weighted by molar-refractivity contribution is -0.127. The average molecular weight is 386 g/mol. The van der Waals surface area contributed by atoms with E-state index in [0.29, 0.717) is 22.2 Å². The van der Waals surface area contributed by atoms with E-state index in [2.05, 4.69) is 15.3 Å². The zero-order chi connectivity index (χ0) is 19.2. The van der Waals surface area contributed by atoms with Gasteiger partial charge in [0, 0.05) is 10.6 Å². The Kier molecular flexibility index (Phi) is 5.98. The summed E-state index contributed by atoms with van der Waals surface area (Å²) in [5, 5.41) is 3.31. The summed E-state index contributed by atoms with van der Waals surface area (Å²) in [6, 6.07) is 14.6. The van der Waals surface area contributed by atoms with Crippen LogP contribution in [0.15, 0.2) is 60.9 Å². The molecule has 0 aliphatic rings. The lowest BCUT2D eigenvalue weighted by Gasteiger charge is -2.15. The van der Waals surface area contributed by atoms with Crippen molar-refractivity contribution in [1.29, 1.82) is 0 Å². The number of carbonyl (C=O) groups excluding carboxylic acids is 1. The summed E-state index contributed by atoms with van der Waals surface area (Å²) < 4.78 is 18.6. The van der Waals surface area contributed by atoms with Crippen molar-refractivity contribution in [1.82, 2.24) is 15.3 Å². The average Bonchev–Trinajstić information content (AvgIpc) is 2.67. The van der Waals surface area contributed by atoms with Gasteiger partial charge >= 0.3 is 0 Å². The van der Waals surface area contributed by atoms with E-state index < -0.39 is 6.10 Å². The minimum Gasteiger partial charge on any atom is -0.481 e. The number of hydrogen-bond acceptors (Lipinski definition) is 4. The molecule has 0 spiro atoms. The van der Waals surface area contributed by atoms with Gasteiger partial charge in [0.15, 0.2) is 6.10 Å². The van der Waals surface area contributed by atoms with E-state index in [1.165, 1.54) is 18.5 Å². The molecule has 1 unspecified atom stereocenters. The minimum atomic E-state index is -0.693. The van der Waals surface area contributed by atoms with Gasteiger partial charge in [-0.25, -0.2) is 14.4 Å². The van der Waals surface area contributed by atoms with Crippen LogP contribution in [0.3, 0.4) is 0 Å². The number of aromatic nitrogens is 2. The summed E-state index contributed by atoms with van der Waals surface area (Å²) in [4.78, 5) is 20.6. The molecule has 0 aliphatic carbocycles. The van der Waals surface area contributed by atoms with Crippen LogP contribution >= 0.6 is 11.6 Å². The fraction of sp³-hybridized carbons (Fsp3) is 0.150. The van der Waals surface area contributed by atoms with Crippen LogP contribution in [0.25, 0.3) is 11.3 Å². The number of carbonyl (C=O) groups is 1. The van der Waals surface area contributed by atoms with E-state index in [9.17, 15) is 9.18 Å². The van der Waals surface area contributed by atoms with Crippen LogP contribution < -0.4 is 10.1 Å². The van der Waals surface area contributed by atoms with Gasteiger partial charge in [0.1, 0.15) is 17.9 Å². The first kappa shape index (κ1) is 18.8. The molecule has 1 atom stereocenters. The molecule has 2 aromatic carbocycles. The summed E-state index contributed by atoms with van der Waals surface area (Å²) in [5.74, 6) is -0.0725. The van der Waals surface area contributed by atoms with Crippen LogP contribution in [0.1, 0.15) is 12.6 Å². The summed E-state index contributed by atoms with van der Waals surface area (Å²) >= 11 is 5.91. The Morgan fingerprint density at radius 3 is 2.70 bits per heavy atom. The number of ether oxygens (including phenoxy) is 1. The van der Waals surface area contributed by atoms with Gasteiger partial charge in [0.2, 0.25) is 0 Å². The molecular formula is C20H17ClFN3O2. The van der Waals surface area contributed by atoms with E-state index in [1.807, 2.05) is 0 Å². The molecule has 138 valence electrons. The zero-order valence-electron chi connectivity index (χ0n) is 14.5. The Morgan fingerprint density at radius 2 is 1.96 bits per heavy atom. The number of halogens is 2. The molecule has 3 aromatic rings. The molecule has 7 heteroatoms. The highest BCUT2D eigenvalue weighted by atomic mass is 35.5. The van der Waals surface area contributed by atoms with Crippen molar-refractivity contribution in [3.05, 3.63) is 77.5 Å². The molecule has 3 rings (SSSR count). The van der Waals surface area contributed by atoms with E-state index in [0.717, 1.165) is 5.56 Å². The largest absolute Gasteiger partial charge is 0.481 e. The number of nitrogens with zero attached hydrogens (tertiary/aromatic N) is 2. The fourth-order valence-electron chi connectivity index (χ4n) is 2.39. The van der Waals surface area contributed by atoms with Crippen LogP contribution in [-0.2, 0) is 11.3 Å². The SMILES string of the molecule is CC(Oc1cccc(Cl)c1)C(=O)NCc1cc(-c2ccc(F)cc2)ncn1. The van der Waals surface area contributed by atoms with Gasteiger partial charge in [0.25, 0.3) is 5.91 Å². The molecule has 0 bridgehead atoms. The highest BCUT2D eigenvalue weighted by Gasteiger charge is 2.15. The Morgan fingerprint density at radius 1 is 1.19 bits per heavy atom. The fourth-order valence-corrected chi connectivity index (χ4v) is 2.57. The third kappa shape index (κ3) is 5.24. The van der Waals surface area contributed by atoms with Gasteiger partial charge in [-0.2, -0.15) is 0 Å². The van der Waals surface area contributed by atoms with Gasteiger partial charge < -0.3 is 10.1 Å². The van der Waals surface area contributed by atoms with Gasteiger partial charge in [0.05, 0.1) is 17.9 Å². The number of nitrogens with one attached hydrogen (secondary N) is 1. The van der Waals surface area contributed by atoms with Crippen molar-refractivity contribution in [3.8, 4) is 17.0 Å². The summed E-state index contributed by atoms with van der Waals surface area (Å²) in [7, 11) is 0. The minimum absolute atomic E-state index is 0.221. The molecule has 0 saturated carbocycles. The molecule has 1 N–H and O–H groups in total. The third-order valence-corrected chi connectivity index (χ3v) is 4.02. The van der Waals surface area contributed by atoms with Crippen molar-refractivity contribution in [2.24, 2.45) is 0 Å². The Balaban J connectivity index is 1.60. The zero-order valence-corrected chi connectivity index (χ0v) is 15.3. The predicted octanol–water partition coefficient (Wildman–Crippen LogP) is 4.02. The second kappa shape index (κ2) is 8.60. The smallest absolute Gasteiger partial charge is 0.261 e. The van der Waals surface area contributed by atoms with Gasteiger partial charge in [-0.05, 0) is 55.5 Å². The van der Waals surface area contributed by atoms with Crippen molar-refractivity contribution in [2.75, 3.05) is 0 Å². The number of rotatable bonds is 6. The standard InChI is InChI=1S/C20H17ClFN3O2/c1-13(27-18-4-2-3-15(21)9-18)20(26)23-11-17-10-19(25-12-24-17)14-5-7-16(22)8-6-14/h2-10,12-13H,11H2,1H3,(H,23,26). The Bertz CT molecular complexity index is 935. The summed E-state index contributed by atoms with van der Waals surface area (Å²) in [6.07, 6.45) is 0.716. The molecule has 1 heterocycles. The van der Waals surface area contributed by atoms with E-state index >= 15 is 0 Å². The maximum Gasteiger partial charge on any atom is 0.261 e. The third-order valence-electron chi connectivity index (χ3n) is 3.79. The Labute approximate surface area is 161 Å². The Hall–Kier alpha value is -2.99. The summed E-state index contributed by atoms with van der Waals surface area (Å²) in [6.45, 7) is 1.87. The second-order valence-corrected chi connectivity index (χ2v) is 6.27. The normalized spacial score (nSPS) is 11.7. The van der Waals surface area contributed by atoms with Crippen LogP contribution in [0.5, 0.6) is 5.75 Å². The highest BCUT2D eigenvalue weighted by Crippen LogP contribution is 2.19. The van der Waals surface area contributed by atoms with Crippen molar-refractivity contribution >= 4 is 17.5 Å². The number of benzene rings is 2. The quantitative estimate of drug-likeness (QED) is 0.696. The lowest BCUT2D eigenvalue weighted by atomic mass is 10.1. The van der Waals surface area contributed by atoms with Crippen LogP contribution in [0, 0.1) is 5.82 Å². The van der Waals surface area contributed by atoms with Gasteiger partial charge in [-0.15, -0.1) is 0 Å². The van der Waals surface area contributed by atoms with Gasteiger partial charge in [-0.1, -0.05) is 17.7 Å². The maximum atomic E-state index is 13.0. The maximum absolute atomic E-state index is 13.0. The molecule has 0 radical (unpaired) electrons. The molecule has 1 amide bonds. The molecule has 5 nitrogen and oxygen atoms in total. The van der Waals surface area contributed by atoms with Gasteiger partial charge in [-0.3, -0.25) is 4.79 Å². The summed E-state index contributed by atoms with van der Waals surface area (Å²) in [5.41, 5.74) is 2.05. The van der Waals surface area contributed by atoms with Crippen molar-refractivity contribution in [3.63, 3.8) is 0 Å². The van der Waals surface area contributed by atoms with Crippen LogP contribution in [0.4, 0.5) is 4.39 Å². The first-order valence-electron chi connectivity index (χ1n) is 8.28. The molecule has 0 fully saturated rings. The van der Waals surface area contributed by atoms with Crippen LogP contribution in [-0.4, -0.2) is 22.0 Å². The van der Waals surface area contributed by atoms with E-state index in [4.69, 9.17) is 16.3 Å². The number of hydrogen-bond donors (Lipinski definition) is 1. The molecule has 1 aromatic heterocycles. The van der Waals surface area contributed by atoms with E-state index in [1.54, 1.807) is 49.4 Å². The highest BCUT2D eigenvalue weighted by molar-refractivity contribution is 6.30. The van der Waals surface area contributed by atoms with Crippen molar-refractivity contribution < 1.29 is 13.9 Å². The monoisotopic (exact) mass is 385 g/mol. The predicted molar refractivity (Wildman–Crippen MR) is 101 cm³/mol. The molecule has 0 saturated heterocycles.